The van der Waals surface area contributed by atoms with Gasteiger partial charge in [-0.25, -0.2) is 9.59 Å². The Morgan fingerprint density at radius 2 is 1.75 bits per heavy atom. The minimum Gasteiger partial charge on any atom is -0.463 e. The van der Waals surface area contributed by atoms with Crippen LogP contribution in [0.1, 0.15) is 68.9 Å². The van der Waals surface area contributed by atoms with Crippen molar-refractivity contribution in [3.63, 3.8) is 0 Å². The molecule has 0 radical (unpaired) electrons. The minimum absolute atomic E-state index is 0.175. The van der Waals surface area contributed by atoms with E-state index in [1.54, 1.807) is 68.3 Å². The number of nitrogens with one attached hydrogen (secondary N) is 3. The van der Waals surface area contributed by atoms with Gasteiger partial charge in [0.2, 0.25) is 5.88 Å². The summed E-state index contributed by atoms with van der Waals surface area (Å²) in [6.45, 7) is 10.5. The van der Waals surface area contributed by atoms with Crippen LogP contribution >= 0.6 is 0 Å². The first-order valence-electron chi connectivity index (χ1n) is 17.4. The Balaban J connectivity index is 1.19. The molecule has 0 unspecified atom stereocenters. The Bertz CT molecular complexity index is 1640. The number of urea groups is 1. The first-order valence-corrected chi connectivity index (χ1v) is 17.4. The maximum atomic E-state index is 13.6. The zero-order valence-electron chi connectivity index (χ0n) is 29.6. The highest BCUT2D eigenvalue weighted by Gasteiger charge is 2.22. The van der Waals surface area contributed by atoms with Gasteiger partial charge in [0, 0.05) is 32.4 Å². The Morgan fingerprint density at radius 1 is 0.961 bits per heavy atom. The van der Waals surface area contributed by atoms with Crippen LogP contribution in [0, 0.1) is 0 Å². The van der Waals surface area contributed by atoms with Crippen LogP contribution < -0.4 is 16.0 Å². The van der Waals surface area contributed by atoms with Gasteiger partial charge in [0.25, 0.3) is 5.91 Å². The van der Waals surface area contributed by atoms with E-state index in [9.17, 15) is 14.4 Å². The van der Waals surface area contributed by atoms with E-state index in [4.69, 9.17) is 18.9 Å². The summed E-state index contributed by atoms with van der Waals surface area (Å²) in [7, 11) is 0. The normalized spacial score (nSPS) is 16.0. The molecular formula is C38H48N6O7. The molecular weight excluding hydrogens is 652 g/mol. The van der Waals surface area contributed by atoms with Gasteiger partial charge in [0.05, 0.1) is 24.6 Å². The number of nitrogens with zero attached hydrogens (tertiary/aromatic N) is 3. The Morgan fingerprint density at radius 3 is 2.45 bits per heavy atom. The molecule has 1 aromatic carbocycles. The molecule has 0 bridgehead atoms. The van der Waals surface area contributed by atoms with Gasteiger partial charge in [-0.3, -0.25) is 25.3 Å². The first kappa shape index (κ1) is 37.1. The predicted molar refractivity (Wildman–Crippen MR) is 193 cm³/mol. The third-order valence-corrected chi connectivity index (χ3v) is 8.17. The number of allylic oxidation sites excluding steroid dienone is 4. The molecule has 1 aliphatic carbocycles. The third kappa shape index (κ3) is 12.0. The SMILES string of the molecule is CC(C)(C)OC(=O)Nc1ccccc1NC(=O)c1ccc(CN(CCCCCN2CCOCC2)C(=O)NC2=COC=C(C3=CC=CCC3)O2)cn1. The topological polar surface area (TPSA) is 144 Å². The molecule has 2 aromatic rings. The van der Waals surface area contributed by atoms with Gasteiger partial charge >= 0.3 is 12.1 Å². The van der Waals surface area contributed by atoms with Crippen molar-refractivity contribution in [3.8, 4) is 0 Å². The fourth-order valence-corrected chi connectivity index (χ4v) is 5.58. The molecule has 51 heavy (non-hydrogen) atoms. The standard InChI is InChI=1S/C38H48N6O7/c1-38(2,3)51-37(47)41-31-15-9-8-14-30(31)40-35(45)32-17-16-28(24-39-32)25-44(19-11-5-10-18-43-20-22-48-23-21-43)36(46)42-34-27-49-26-33(50-34)29-12-6-4-7-13-29/h4,6,8-9,12,14-17,24,26-27H,5,7,10-11,13,18-23,25H2,1-3H3,(H,40,45)(H,41,47)(H,42,46). The van der Waals surface area contributed by atoms with Gasteiger partial charge in [-0.1, -0.05) is 42.8 Å². The lowest BCUT2D eigenvalue weighted by molar-refractivity contribution is 0.0370. The summed E-state index contributed by atoms with van der Waals surface area (Å²) in [4.78, 5) is 47.6. The average Bonchev–Trinajstić information content (AvgIpc) is 3.12. The zero-order valence-corrected chi connectivity index (χ0v) is 29.6. The second-order valence-corrected chi connectivity index (χ2v) is 13.4. The van der Waals surface area contributed by atoms with Gasteiger partial charge in [0.1, 0.15) is 17.6 Å². The highest BCUT2D eigenvalue weighted by molar-refractivity contribution is 6.05. The highest BCUT2D eigenvalue weighted by atomic mass is 16.6. The van der Waals surface area contributed by atoms with Crippen LogP contribution in [0.25, 0.3) is 0 Å². The smallest absolute Gasteiger partial charge is 0.412 e. The van der Waals surface area contributed by atoms with Crippen molar-refractivity contribution in [3.05, 3.63) is 102 Å². The lowest BCUT2D eigenvalue weighted by Gasteiger charge is -2.27. The summed E-state index contributed by atoms with van der Waals surface area (Å²) in [5.41, 5.74) is 2.03. The van der Waals surface area contributed by atoms with Crippen LogP contribution in [-0.2, 0) is 25.5 Å². The summed E-state index contributed by atoms with van der Waals surface area (Å²) in [6.07, 6.45) is 14.4. The quantitative estimate of drug-likeness (QED) is 0.196. The average molecular weight is 701 g/mol. The van der Waals surface area contributed by atoms with Crippen molar-refractivity contribution in [2.45, 2.75) is 65.0 Å². The Kier molecular flexibility index (Phi) is 13.2. The van der Waals surface area contributed by atoms with E-state index in [2.05, 4.69) is 31.9 Å². The molecule has 3 N–H and O–H groups in total. The predicted octanol–water partition coefficient (Wildman–Crippen LogP) is 6.66. The fourth-order valence-electron chi connectivity index (χ4n) is 5.58. The Labute approximate surface area is 299 Å². The lowest BCUT2D eigenvalue weighted by Crippen LogP contribution is -2.40. The molecule has 3 heterocycles. The summed E-state index contributed by atoms with van der Waals surface area (Å²) in [5.74, 6) is 0.314. The summed E-state index contributed by atoms with van der Waals surface area (Å²) >= 11 is 0. The van der Waals surface area contributed by atoms with E-state index in [1.807, 2.05) is 12.2 Å². The molecule has 3 aliphatic rings. The molecule has 0 atom stereocenters. The first-order chi connectivity index (χ1) is 24.6. The lowest BCUT2D eigenvalue weighted by atomic mass is 10.0. The number of amides is 4. The van der Waals surface area contributed by atoms with Gasteiger partial charge in [-0.05, 0) is 82.3 Å². The molecule has 1 saturated heterocycles. The number of carbonyl (C=O) groups is 3. The van der Waals surface area contributed by atoms with Crippen molar-refractivity contribution in [2.24, 2.45) is 0 Å². The molecule has 1 fully saturated rings. The largest absolute Gasteiger partial charge is 0.463 e. The van der Waals surface area contributed by atoms with E-state index < -0.39 is 17.6 Å². The number of benzene rings is 1. The van der Waals surface area contributed by atoms with E-state index in [0.717, 1.165) is 76.1 Å². The minimum atomic E-state index is -0.673. The molecule has 4 amide bonds. The number of carbonyl (C=O) groups excluding carboxylic acids is 3. The number of anilines is 2. The van der Waals surface area contributed by atoms with Crippen LogP contribution in [0.2, 0.25) is 0 Å². The number of ether oxygens (including phenoxy) is 4. The van der Waals surface area contributed by atoms with E-state index in [0.29, 0.717) is 23.7 Å². The van der Waals surface area contributed by atoms with Gasteiger partial charge in [-0.15, -0.1) is 0 Å². The number of morpholine rings is 1. The van der Waals surface area contributed by atoms with Crippen molar-refractivity contribution in [2.75, 3.05) is 50.0 Å². The van der Waals surface area contributed by atoms with Crippen LogP contribution in [0.4, 0.5) is 21.0 Å². The summed E-state index contributed by atoms with van der Waals surface area (Å²) in [5, 5.41) is 8.35. The number of hydrogen-bond donors (Lipinski definition) is 3. The van der Waals surface area contributed by atoms with Crippen LogP contribution in [0.3, 0.4) is 0 Å². The van der Waals surface area contributed by atoms with Crippen molar-refractivity contribution in [1.29, 1.82) is 0 Å². The monoisotopic (exact) mass is 700 g/mol. The van der Waals surface area contributed by atoms with Gasteiger partial charge in [0.15, 0.2) is 12.0 Å². The van der Waals surface area contributed by atoms with Crippen LogP contribution in [-0.4, -0.2) is 77.8 Å². The second-order valence-electron chi connectivity index (χ2n) is 13.4. The van der Waals surface area contributed by atoms with E-state index in [1.165, 1.54) is 12.5 Å². The number of unbranched alkanes of at least 4 members (excludes halogenated alkanes) is 2. The number of rotatable bonds is 13. The van der Waals surface area contributed by atoms with Crippen LogP contribution in [0.15, 0.2) is 90.6 Å². The number of aromatic nitrogens is 1. The van der Waals surface area contributed by atoms with Crippen molar-refractivity contribution >= 4 is 29.4 Å². The molecule has 13 heteroatoms. The third-order valence-electron chi connectivity index (χ3n) is 8.17. The molecule has 0 saturated carbocycles. The Hall–Kier alpha value is -5.14. The van der Waals surface area contributed by atoms with Gasteiger partial charge in [-0.2, -0.15) is 0 Å². The van der Waals surface area contributed by atoms with Crippen LogP contribution in [0.5, 0.6) is 0 Å². The number of para-hydroxylation sites is 2. The fraction of sp³-hybridized carbons (Fsp3) is 0.421. The number of hydrogen-bond acceptors (Lipinski definition) is 9. The van der Waals surface area contributed by atoms with E-state index >= 15 is 0 Å². The van der Waals surface area contributed by atoms with E-state index in [-0.39, 0.29) is 24.2 Å². The molecule has 5 rings (SSSR count). The maximum Gasteiger partial charge on any atom is 0.412 e. The summed E-state index contributed by atoms with van der Waals surface area (Å²) in [6, 6.07) is 9.87. The molecule has 2 aliphatic heterocycles. The van der Waals surface area contributed by atoms with Crippen molar-refractivity contribution in [1.82, 2.24) is 20.1 Å². The molecule has 1 aromatic heterocycles. The highest BCUT2D eigenvalue weighted by Crippen LogP contribution is 2.26. The van der Waals surface area contributed by atoms with Crippen molar-refractivity contribution < 1.29 is 33.3 Å². The zero-order chi connectivity index (χ0) is 36.1. The molecule has 13 nitrogen and oxygen atoms in total. The number of pyridine rings is 1. The maximum absolute atomic E-state index is 13.6. The molecule has 0 spiro atoms. The van der Waals surface area contributed by atoms with Gasteiger partial charge < -0.3 is 29.2 Å². The molecule has 272 valence electrons. The second kappa shape index (κ2) is 18.2. The summed E-state index contributed by atoms with van der Waals surface area (Å²) < 4.78 is 22.3.